The van der Waals surface area contributed by atoms with E-state index in [9.17, 15) is 4.79 Å². The first-order valence-electron chi connectivity index (χ1n) is 5.62. The number of carbonyl (C=O) groups is 1. The topological polar surface area (TPSA) is 58.6 Å². The van der Waals surface area contributed by atoms with E-state index in [1.54, 1.807) is 14.0 Å². The molecule has 0 bridgehead atoms. The van der Waals surface area contributed by atoms with Crippen molar-refractivity contribution in [1.29, 1.82) is 0 Å². The van der Waals surface area contributed by atoms with Crippen LogP contribution in [0.25, 0.3) is 0 Å². The largest absolute Gasteiger partial charge is 0.481 e. The number of nitrogens with one attached hydrogen (secondary N) is 1. The van der Waals surface area contributed by atoms with Gasteiger partial charge in [-0.2, -0.15) is 0 Å². The Morgan fingerprint density at radius 3 is 2.87 bits per heavy atom. The molecule has 1 aliphatic heterocycles. The first kappa shape index (κ1) is 12.5. The third-order valence-corrected chi connectivity index (χ3v) is 3.30. The minimum absolute atomic E-state index is 0.185. The van der Waals surface area contributed by atoms with Gasteiger partial charge in [-0.25, -0.2) is 0 Å². The molecule has 0 aromatic rings. The molecule has 4 nitrogen and oxygen atoms in total. The van der Waals surface area contributed by atoms with Crippen molar-refractivity contribution >= 4 is 5.97 Å². The Bertz CT molecular complexity index is 202. The van der Waals surface area contributed by atoms with Crippen molar-refractivity contribution in [2.24, 2.45) is 11.8 Å². The van der Waals surface area contributed by atoms with Gasteiger partial charge >= 0.3 is 5.97 Å². The first-order chi connectivity index (χ1) is 7.16. The van der Waals surface area contributed by atoms with Crippen molar-refractivity contribution in [2.45, 2.75) is 32.2 Å². The molecule has 4 heteroatoms. The van der Waals surface area contributed by atoms with Crippen molar-refractivity contribution in [1.82, 2.24) is 5.32 Å². The number of carboxylic acids is 1. The molecule has 88 valence electrons. The van der Waals surface area contributed by atoms with Crippen LogP contribution in [0.2, 0.25) is 0 Å². The van der Waals surface area contributed by atoms with E-state index >= 15 is 0 Å². The molecular formula is C11H21NO3. The van der Waals surface area contributed by atoms with Crippen LogP contribution in [0.3, 0.4) is 0 Å². The average molecular weight is 215 g/mol. The molecule has 2 N–H and O–H groups in total. The summed E-state index contributed by atoms with van der Waals surface area (Å²) in [6.45, 7) is 3.45. The Morgan fingerprint density at radius 2 is 2.40 bits per heavy atom. The van der Waals surface area contributed by atoms with Crippen LogP contribution in [-0.4, -0.2) is 37.4 Å². The molecular weight excluding hydrogens is 194 g/mol. The second-order valence-corrected chi connectivity index (χ2v) is 4.28. The lowest BCUT2D eigenvalue weighted by Gasteiger charge is -2.26. The maximum Gasteiger partial charge on any atom is 0.306 e. The highest BCUT2D eigenvalue weighted by molar-refractivity contribution is 5.70. The van der Waals surface area contributed by atoms with E-state index in [0.717, 1.165) is 25.8 Å². The zero-order chi connectivity index (χ0) is 11.3. The molecule has 0 unspecified atom stereocenters. The highest BCUT2D eigenvalue weighted by Gasteiger charge is 2.32. The maximum atomic E-state index is 11.0. The van der Waals surface area contributed by atoms with Crippen LogP contribution < -0.4 is 5.32 Å². The van der Waals surface area contributed by atoms with Crippen molar-refractivity contribution in [3.05, 3.63) is 0 Å². The molecule has 0 radical (unpaired) electrons. The van der Waals surface area contributed by atoms with Gasteiger partial charge in [0.25, 0.3) is 0 Å². The minimum atomic E-state index is -0.704. The zero-order valence-corrected chi connectivity index (χ0v) is 9.53. The third kappa shape index (κ3) is 3.47. The number of ether oxygens (including phenoxy) is 1. The van der Waals surface area contributed by atoms with Gasteiger partial charge in [-0.15, -0.1) is 0 Å². The van der Waals surface area contributed by atoms with Crippen LogP contribution in [0.1, 0.15) is 26.2 Å². The second-order valence-electron chi connectivity index (χ2n) is 4.28. The summed E-state index contributed by atoms with van der Waals surface area (Å²) in [4.78, 5) is 11.0. The fraction of sp³-hybridized carbons (Fsp3) is 0.909. The Balaban J connectivity index is 2.54. The maximum absolute atomic E-state index is 11.0. The Kier molecular flexibility index (Phi) is 5.05. The average Bonchev–Trinajstić information content (AvgIpc) is 2.71. The Labute approximate surface area is 91.0 Å². The number of carboxylic acid groups (broad SMARTS) is 1. The summed E-state index contributed by atoms with van der Waals surface area (Å²) >= 11 is 0. The van der Waals surface area contributed by atoms with E-state index in [-0.39, 0.29) is 11.8 Å². The molecule has 3 atom stereocenters. The lowest BCUT2D eigenvalue weighted by Crippen LogP contribution is -2.37. The van der Waals surface area contributed by atoms with Crippen molar-refractivity contribution < 1.29 is 14.6 Å². The van der Waals surface area contributed by atoms with Crippen molar-refractivity contribution in [3.63, 3.8) is 0 Å². The van der Waals surface area contributed by atoms with Crippen molar-refractivity contribution in [2.75, 3.05) is 20.3 Å². The second kappa shape index (κ2) is 6.08. The minimum Gasteiger partial charge on any atom is -0.481 e. The van der Waals surface area contributed by atoms with Crippen LogP contribution in [0.5, 0.6) is 0 Å². The quantitative estimate of drug-likeness (QED) is 0.697. The highest BCUT2D eigenvalue weighted by Crippen LogP contribution is 2.25. The van der Waals surface area contributed by atoms with Gasteiger partial charge in [0.2, 0.25) is 0 Å². The van der Waals surface area contributed by atoms with Gasteiger partial charge in [0.15, 0.2) is 0 Å². The van der Waals surface area contributed by atoms with Gasteiger partial charge in [-0.05, 0) is 31.7 Å². The van der Waals surface area contributed by atoms with Gasteiger partial charge in [0.05, 0.1) is 5.92 Å². The molecule has 1 saturated heterocycles. The van der Waals surface area contributed by atoms with Gasteiger partial charge in [-0.1, -0.05) is 6.92 Å². The van der Waals surface area contributed by atoms with E-state index in [2.05, 4.69) is 5.32 Å². The predicted octanol–water partition coefficient (Wildman–Crippen LogP) is 1.11. The van der Waals surface area contributed by atoms with Crippen molar-refractivity contribution in [3.8, 4) is 0 Å². The monoisotopic (exact) mass is 215 g/mol. The molecule has 0 aliphatic carbocycles. The van der Waals surface area contributed by atoms with Gasteiger partial charge in [0.1, 0.15) is 0 Å². The summed E-state index contributed by atoms with van der Waals surface area (Å²) in [5, 5.41) is 12.4. The lowest BCUT2D eigenvalue weighted by atomic mass is 9.84. The smallest absolute Gasteiger partial charge is 0.306 e. The zero-order valence-electron chi connectivity index (χ0n) is 9.53. The van der Waals surface area contributed by atoms with Crippen LogP contribution in [-0.2, 0) is 9.53 Å². The summed E-state index contributed by atoms with van der Waals surface area (Å²) < 4.78 is 5.04. The Morgan fingerprint density at radius 1 is 1.67 bits per heavy atom. The lowest BCUT2D eigenvalue weighted by molar-refractivity contribution is -0.143. The molecule has 1 aliphatic rings. The fourth-order valence-corrected chi connectivity index (χ4v) is 2.31. The van der Waals surface area contributed by atoms with E-state index in [1.165, 1.54) is 0 Å². The number of hydrogen-bond donors (Lipinski definition) is 2. The molecule has 0 spiro atoms. The number of hydrogen-bond acceptors (Lipinski definition) is 3. The summed E-state index contributed by atoms with van der Waals surface area (Å²) in [5.41, 5.74) is 0. The fourth-order valence-electron chi connectivity index (χ4n) is 2.31. The van der Waals surface area contributed by atoms with Crippen LogP contribution in [0, 0.1) is 11.8 Å². The van der Waals surface area contributed by atoms with E-state index in [0.29, 0.717) is 12.6 Å². The SMILES string of the molecule is COCC[C@@H]([C@@H]1CCCN1)[C@@H](C)C(=O)O. The van der Waals surface area contributed by atoms with Crippen LogP contribution in [0.15, 0.2) is 0 Å². The van der Waals surface area contributed by atoms with E-state index < -0.39 is 5.97 Å². The van der Waals surface area contributed by atoms with E-state index in [4.69, 9.17) is 9.84 Å². The van der Waals surface area contributed by atoms with Gasteiger partial charge < -0.3 is 15.2 Å². The standard InChI is InChI=1S/C11H21NO3/c1-8(11(13)14)9(5-7-15-2)10-4-3-6-12-10/h8-10,12H,3-7H2,1-2H3,(H,13,14)/t8-,9-,10+/m1/s1. The number of methoxy groups -OCH3 is 1. The van der Waals surface area contributed by atoms with Crippen LogP contribution >= 0.6 is 0 Å². The Hall–Kier alpha value is -0.610. The predicted molar refractivity (Wildman–Crippen MR) is 57.8 cm³/mol. The van der Waals surface area contributed by atoms with Crippen LogP contribution in [0.4, 0.5) is 0 Å². The number of aliphatic carboxylic acids is 1. The highest BCUT2D eigenvalue weighted by atomic mass is 16.5. The summed E-state index contributed by atoms with van der Waals surface area (Å²) in [7, 11) is 1.66. The summed E-state index contributed by atoms with van der Waals surface area (Å²) in [5.74, 6) is -0.814. The van der Waals surface area contributed by atoms with Gasteiger partial charge in [-0.3, -0.25) is 4.79 Å². The molecule has 15 heavy (non-hydrogen) atoms. The molecule has 0 amide bonds. The summed E-state index contributed by atoms with van der Waals surface area (Å²) in [6.07, 6.45) is 3.06. The molecule has 1 heterocycles. The van der Waals surface area contributed by atoms with Gasteiger partial charge in [0, 0.05) is 19.8 Å². The first-order valence-corrected chi connectivity index (χ1v) is 5.62. The summed E-state index contributed by atoms with van der Waals surface area (Å²) in [6, 6.07) is 0.353. The normalized spacial score (nSPS) is 25.1. The third-order valence-electron chi connectivity index (χ3n) is 3.30. The molecule has 1 fully saturated rings. The molecule has 0 aromatic carbocycles. The molecule has 1 rings (SSSR count). The molecule has 0 aromatic heterocycles. The van der Waals surface area contributed by atoms with E-state index in [1.807, 2.05) is 0 Å². The molecule has 0 saturated carbocycles. The number of rotatable bonds is 6.